The van der Waals surface area contributed by atoms with E-state index in [9.17, 15) is 14.0 Å². The van der Waals surface area contributed by atoms with Crippen molar-refractivity contribution in [1.29, 1.82) is 0 Å². The van der Waals surface area contributed by atoms with Crippen LogP contribution in [-0.2, 0) is 16.2 Å². The van der Waals surface area contributed by atoms with Gasteiger partial charge < -0.3 is 4.74 Å². The number of ether oxygens (including phenoxy) is 1. The molecule has 0 bridgehead atoms. The third kappa shape index (κ3) is 5.07. The molecule has 0 unspecified atom stereocenters. The van der Waals surface area contributed by atoms with Crippen LogP contribution < -0.4 is 10.1 Å². The van der Waals surface area contributed by atoms with Gasteiger partial charge in [0.15, 0.2) is 5.11 Å². The number of hydrogen-bond donors (Lipinski definition) is 1. The van der Waals surface area contributed by atoms with Crippen LogP contribution in [0.2, 0.25) is 0 Å². The van der Waals surface area contributed by atoms with E-state index in [1.54, 1.807) is 30.3 Å². The lowest BCUT2D eigenvalue weighted by Crippen LogP contribution is -2.53. The first-order chi connectivity index (χ1) is 13.9. The Balaban J connectivity index is 1.77. The minimum absolute atomic E-state index is 0.00349. The summed E-state index contributed by atoms with van der Waals surface area (Å²) >= 11 is 7.15. The molecule has 1 fully saturated rings. The molecular formula is C21H16FIN2O3S. The van der Waals surface area contributed by atoms with Crippen LogP contribution in [0.15, 0.2) is 60.7 Å². The van der Waals surface area contributed by atoms with Crippen LogP contribution in [0.1, 0.15) is 11.1 Å². The Kier molecular flexibility index (Phi) is 6.75. The fourth-order valence-corrected chi connectivity index (χ4v) is 3.57. The van der Waals surface area contributed by atoms with Gasteiger partial charge in [-0.1, -0.05) is 24.3 Å². The van der Waals surface area contributed by atoms with Crippen molar-refractivity contribution < 1.29 is 18.7 Å². The van der Waals surface area contributed by atoms with E-state index in [1.807, 2.05) is 0 Å². The van der Waals surface area contributed by atoms with Crippen molar-refractivity contribution in [2.45, 2.75) is 6.61 Å². The zero-order chi connectivity index (χ0) is 21.0. The van der Waals surface area contributed by atoms with E-state index >= 15 is 0 Å². The molecule has 1 aliphatic heterocycles. The molecule has 0 aromatic heterocycles. The number of benzene rings is 2. The Morgan fingerprint density at radius 3 is 2.59 bits per heavy atom. The van der Waals surface area contributed by atoms with Crippen LogP contribution >= 0.6 is 34.8 Å². The lowest BCUT2D eigenvalue weighted by Gasteiger charge is -2.27. The smallest absolute Gasteiger partial charge is 0.265 e. The van der Waals surface area contributed by atoms with E-state index in [2.05, 4.69) is 34.5 Å². The minimum Gasteiger partial charge on any atom is -0.488 e. The molecule has 8 heteroatoms. The summed E-state index contributed by atoms with van der Waals surface area (Å²) in [4.78, 5) is 26.1. The summed E-state index contributed by atoms with van der Waals surface area (Å²) in [5.41, 5.74) is 1.51. The quantitative estimate of drug-likeness (QED) is 0.206. The summed E-state index contributed by atoms with van der Waals surface area (Å²) < 4.78 is 19.6. The van der Waals surface area contributed by atoms with Gasteiger partial charge in [0.2, 0.25) is 0 Å². The number of nitrogens with one attached hydrogen (secondary N) is 1. The van der Waals surface area contributed by atoms with Gasteiger partial charge >= 0.3 is 0 Å². The summed E-state index contributed by atoms with van der Waals surface area (Å²) in [7, 11) is 0. The average molecular weight is 522 g/mol. The zero-order valence-corrected chi connectivity index (χ0v) is 18.1. The third-order valence-corrected chi connectivity index (χ3v) is 5.24. The molecule has 0 aliphatic carbocycles. The fraction of sp³-hybridized carbons (Fsp3) is 0.0952. The predicted molar refractivity (Wildman–Crippen MR) is 121 cm³/mol. The van der Waals surface area contributed by atoms with Gasteiger partial charge in [0.05, 0.1) is 3.57 Å². The van der Waals surface area contributed by atoms with Gasteiger partial charge in [0.25, 0.3) is 11.8 Å². The first kappa shape index (κ1) is 21.1. The first-order valence-corrected chi connectivity index (χ1v) is 10.0. The molecule has 2 aromatic rings. The van der Waals surface area contributed by atoms with E-state index in [-0.39, 0.29) is 23.0 Å². The molecule has 2 amide bonds. The number of thiocarbonyl (C=S) groups is 1. The highest BCUT2D eigenvalue weighted by Gasteiger charge is 2.32. The molecule has 3 rings (SSSR count). The van der Waals surface area contributed by atoms with E-state index in [0.29, 0.717) is 17.9 Å². The number of rotatable bonds is 6. The number of carbonyl (C=O) groups excluding carboxylic acids is 2. The van der Waals surface area contributed by atoms with Crippen molar-refractivity contribution in [3.8, 4) is 5.75 Å². The molecule has 2 aromatic carbocycles. The maximum Gasteiger partial charge on any atom is 0.265 e. The van der Waals surface area contributed by atoms with E-state index in [4.69, 9.17) is 17.0 Å². The number of hydrogen-bond acceptors (Lipinski definition) is 4. The summed E-state index contributed by atoms with van der Waals surface area (Å²) in [5, 5.41) is 2.58. The van der Waals surface area contributed by atoms with Gasteiger partial charge in [0.1, 0.15) is 23.7 Å². The molecule has 1 N–H and O–H groups in total. The number of nitrogens with zero attached hydrogens (tertiary/aromatic N) is 1. The standard InChI is InChI=1S/C21H16FIN2O3S/c1-2-9-25-20(27)16(19(26)24-21(25)29)10-14-5-8-18(17(23)11-14)28-12-13-3-6-15(22)7-4-13/h2-8,10-11H,1,9,12H2,(H,24,26,29)/b16-10+. The highest BCUT2D eigenvalue weighted by atomic mass is 127. The Labute approximate surface area is 186 Å². The van der Waals surface area contributed by atoms with Crippen LogP contribution in [0.3, 0.4) is 0 Å². The Hall–Kier alpha value is -2.59. The molecule has 0 radical (unpaired) electrons. The van der Waals surface area contributed by atoms with Crippen molar-refractivity contribution in [3.05, 3.63) is 81.2 Å². The van der Waals surface area contributed by atoms with Gasteiger partial charge in [-0.3, -0.25) is 19.8 Å². The second kappa shape index (κ2) is 9.27. The molecule has 1 heterocycles. The van der Waals surface area contributed by atoms with Gasteiger partial charge in [-0.05, 0) is 76.3 Å². The Morgan fingerprint density at radius 1 is 1.21 bits per heavy atom. The maximum atomic E-state index is 13.0. The van der Waals surface area contributed by atoms with Gasteiger partial charge in [-0.25, -0.2) is 4.39 Å². The SMILES string of the molecule is C=CCN1C(=O)/C(=C/c2ccc(OCc3ccc(F)cc3)c(I)c2)C(=O)NC1=S. The Morgan fingerprint density at radius 2 is 1.93 bits per heavy atom. The first-order valence-electron chi connectivity index (χ1n) is 8.55. The fourth-order valence-electron chi connectivity index (χ4n) is 2.62. The minimum atomic E-state index is -0.535. The van der Waals surface area contributed by atoms with E-state index in [1.165, 1.54) is 29.2 Å². The van der Waals surface area contributed by atoms with Crippen molar-refractivity contribution in [2.75, 3.05) is 6.54 Å². The predicted octanol–water partition coefficient (Wildman–Crippen LogP) is 3.82. The zero-order valence-electron chi connectivity index (χ0n) is 15.2. The monoisotopic (exact) mass is 522 g/mol. The number of halogens is 2. The largest absolute Gasteiger partial charge is 0.488 e. The summed E-state index contributed by atoms with van der Waals surface area (Å²) in [5.74, 6) is -0.655. The molecular weight excluding hydrogens is 506 g/mol. The van der Waals surface area contributed by atoms with Crippen molar-refractivity contribution in [1.82, 2.24) is 10.2 Å². The second-order valence-corrected chi connectivity index (χ2v) is 7.68. The van der Waals surface area contributed by atoms with Crippen LogP contribution in [0.5, 0.6) is 5.75 Å². The molecule has 5 nitrogen and oxygen atoms in total. The highest BCUT2D eigenvalue weighted by Crippen LogP contribution is 2.25. The summed E-state index contributed by atoms with van der Waals surface area (Å²) in [6, 6.07) is 11.4. The maximum absolute atomic E-state index is 13.0. The molecule has 1 saturated heterocycles. The molecule has 1 aliphatic rings. The van der Waals surface area contributed by atoms with Gasteiger partial charge in [-0.2, -0.15) is 0 Å². The van der Waals surface area contributed by atoms with Gasteiger partial charge in [-0.15, -0.1) is 6.58 Å². The number of amides is 2. The van der Waals surface area contributed by atoms with Gasteiger partial charge in [0, 0.05) is 6.54 Å². The Bertz CT molecular complexity index is 1020. The normalized spacial score (nSPS) is 15.4. The molecule has 148 valence electrons. The van der Waals surface area contributed by atoms with Crippen LogP contribution in [0.4, 0.5) is 4.39 Å². The molecule has 0 spiro atoms. The van der Waals surface area contributed by atoms with Crippen molar-refractivity contribution in [3.63, 3.8) is 0 Å². The molecule has 29 heavy (non-hydrogen) atoms. The summed E-state index contributed by atoms with van der Waals surface area (Å²) in [6.45, 7) is 4.11. The van der Waals surface area contributed by atoms with Crippen LogP contribution in [0.25, 0.3) is 6.08 Å². The molecule has 0 atom stereocenters. The summed E-state index contributed by atoms with van der Waals surface area (Å²) in [6.07, 6.45) is 3.05. The second-order valence-electron chi connectivity index (χ2n) is 6.13. The van der Waals surface area contributed by atoms with Crippen LogP contribution in [0, 0.1) is 9.39 Å². The van der Waals surface area contributed by atoms with E-state index in [0.717, 1.165) is 9.13 Å². The highest BCUT2D eigenvalue weighted by molar-refractivity contribution is 14.1. The van der Waals surface area contributed by atoms with Crippen molar-refractivity contribution in [2.24, 2.45) is 0 Å². The van der Waals surface area contributed by atoms with E-state index < -0.39 is 11.8 Å². The average Bonchev–Trinajstić information content (AvgIpc) is 2.69. The lowest BCUT2D eigenvalue weighted by molar-refractivity contribution is -0.128. The van der Waals surface area contributed by atoms with Crippen LogP contribution in [-0.4, -0.2) is 28.4 Å². The van der Waals surface area contributed by atoms with Crippen molar-refractivity contribution >= 4 is 57.8 Å². The lowest BCUT2D eigenvalue weighted by atomic mass is 10.1. The third-order valence-electron chi connectivity index (χ3n) is 4.07. The molecule has 0 saturated carbocycles. The number of carbonyl (C=O) groups is 2. The topological polar surface area (TPSA) is 58.6 Å².